The van der Waals surface area contributed by atoms with E-state index in [1.165, 1.54) is 12.1 Å². The summed E-state index contributed by atoms with van der Waals surface area (Å²) in [4.78, 5) is 25.0. The predicted molar refractivity (Wildman–Crippen MR) is 94.0 cm³/mol. The first kappa shape index (κ1) is 17.5. The fourth-order valence-corrected chi connectivity index (χ4v) is 2.35. The van der Waals surface area contributed by atoms with Gasteiger partial charge in [-0.2, -0.15) is 0 Å². The van der Waals surface area contributed by atoms with Crippen LogP contribution in [0, 0.1) is 12.8 Å². The van der Waals surface area contributed by atoms with Crippen molar-refractivity contribution >= 4 is 17.5 Å². The molecule has 0 unspecified atom stereocenters. The molecular formula is C19H22N2O3. The Morgan fingerprint density at radius 3 is 2.21 bits per heavy atom. The van der Waals surface area contributed by atoms with E-state index in [-0.39, 0.29) is 23.5 Å². The van der Waals surface area contributed by atoms with Gasteiger partial charge in [-0.1, -0.05) is 32.0 Å². The molecule has 0 spiro atoms. The highest BCUT2D eigenvalue weighted by molar-refractivity contribution is 6.01. The molecule has 24 heavy (non-hydrogen) atoms. The van der Waals surface area contributed by atoms with E-state index in [0.717, 1.165) is 5.56 Å². The minimum Gasteiger partial charge on any atom is -0.508 e. The zero-order chi connectivity index (χ0) is 17.7. The van der Waals surface area contributed by atoms with Crippen molar-refractivity contribution < 1.29 is 14.7 Å². The van der Waals surface area contributed by atoms with Crippen molar-refractivity contribution in [3.63, 3.8) is 0 Å². The molecule has 0 bridgehead atoms. The van der Waals surface area contributed by atoms with Gasteiger partial charge in [0.15, 0.2) is 0 Å². The van der Waals surface area contributed by atoms with E-state index in [1.54, 1.807) is 24.3 Å². The molecule has 5 heteroatoms. The number of nitrogens with one attached hydrogen (secondary N) is 2. The molecule has 2 rings (SSSR count). The van der Waals surface area contributed by atoms with Crippen molar-refractivity contribution in [3.05, 3.63) is 59.7 Å². The maximum Gasteiger partial charge on any atom is 0.252 e. The molecule has 0 fully saturated rings. The van der Waals surface area contributed by atoms with Gasteiger partial charge in [0.25, 0.3) is 5.91 Å². The number of benzene rings is 2. The largest absolute Gasteiger partial charge is 0.508 e. The van der Waals surface area contributed by atoms with Crippen molar-refractivity contribution in [3.8, 4) is 5.75 Å². The number of hydrogen-bond donors (Lipinski definition) is 3. The first-order chi connectivity index (χ1) is 11.4. The Balaban J connectivity index is 2.11. The lowest BCUT2D eigenvalue weighted by Crippen LogP contribution is -2.47. The molecule has 5 nitrogen and oxygen atoms in total. The van der Waals surface area contributed by atoms with E-state index >= 15 is 0 Å². The lowest BCUT2D eigenvalue weighted by molar-refractivity contribution is -0.118. The van der Waals surface area contributed by atoms with Crippen LogP contribution in [0.15, 0.2) is 48.5 Å². The van der Waals surface area contributed by atoms with E-state index in [2.05, 4.69) is 10.6 Å². The molecule has 0 aliphatic heterocycles. The minimum atomic E-state index is -0.661. The number of aromatic hydroxyl groups is 1. The zero-order valence-corrected chi connectivity index (χ0v) is 14.0. The highest BCUT2D eigenvalue weighted by Gasteiger charge is 2.25. The van der Waals surface area contributed by atoms with Crippen molar-refractivity contribution in [1.29, 1.82) is 0 Å². The second kappa shape index (κ2) is 7.64. The topological polar surface area (TPSA) is 78.4 Å². The third-order valence-corrected chi connectivity index (χ3v) is 3.76. The van der Waals surface area contributed by atoms with Crippen LogP contribution in [0.4, 0.5) is 5.69 Å². The Hall–Kier alpha value is -2.82. The Morgan fingerprint density at radius 2 is 1.62 bits per heavy atom. The fourth-order valence-electron chi connectivity index (χ4n) is 2.35. The van der Waals surface area contributed by atoms with Crippen LogP contribution < -0.4 is 10.6 Å². The van der Waals surface area contributed by atoms with Gasteiger partial charge in [0.05, 0.1) is 0 Å². The smallest absolute Gasteiger partial charge is 0.252 e. The second-order valence-electron chi connectivity index (χ2n) is 6.05. The summed E-state index contributed by atoms with van der Waals surface area (Å²) >= 11 is 0. The van der Waals surface area contributed by atoms with Crippen molar-refractivity contribution in [2.24, 2.45) is 5.92 Å². The van der Waals surface area contributed by atoms with E-state index in [1.807, 2.05) is 32.9 Å². The molecule has 3 N–H and O–H groups in total. The van der Waals surface area contributed by atoms with Crippen LogP contribution in [0.5, 0.6) is 5.75 Å². The molecule has 0 radical (unpaired) electrons. The van der Waals surface area contributed by atoms with Gasteiger partial charge in [0, 0.05) is 11.3 Å². The van der Waals surface area contributed by atoms with Crippen LogP contribution in [0.2, 0.25) is 0 Å². The average Bonchev–Trinajstić information content (AvgIpc) is 2.54. The molecule has 0 aliphatic rings. The Kier molecular flexibility index (Phi) is 5.58. The number of aryl methyl sites for hydroxylation is 1. The number of hydrogen-bond acceptors (Lipinski definition) is 3. The van der Waals surface area contributed by atoms with Gasteiger partial charge in [0.1, 0.15) is 11.8 Å². The Labute approximate surface area is 141 Å². The minimum absolute atomic E-state index is 0.0740. The highest BCUT2D eigenvalue weighted by atomic mass is 16.3. The molecular weight excluding hydrogens is 304 g/mol. The van der Waals surface area contributed by atoms with Crippen LogP contribution in [-0.4, -0.2) is 23.0 Å². The van der Waals surface area contributed by atoms with E-state index in [4.69, 9.17) is 0 Å². The summed E-state index contributed by atoms with van der Waals surface area (Å²) in [5, 5.41) is 14.9. The lowest BCUT2D eigenvalue weighted by atomic mass is 10.0. The molecule has 126 valence electrons. The molecule has 2 amide bonds. The van der Waals surface area contributed by atoms with Gasteiger partial charge in [-0.05, 0) is 48.7 Å². The molecule has 0 saturated heterocycles. The van der Waals surface area contributed by atoms with Gasteiger partial charge in [-0.3, -0.25) is 9.59 Å². The molecule has 0 heterocycles. The quantitative estimate of drug-likeness (QED) is 0.739. The van der Waals surface area contributed by atoms with Crippen LogP contribution in [-0.2, 0) is 4.79 Å². The molecule has 0 saturated carbocycles. The Morgan fingerprint density at radius 1 is 1.00 bits per heavy atom. The third-order valence-electron chi connectivity index (χ3n) is 3.76. The summed E-state index contributed by atoms with van der Waals surface area (Å²) in [7, 11) is 0. The molecule has 2 aromatic rings. The van der Waals surface area contributed by atoms with Crippen LogP contribution in [0.3, 0.4) is 0 Å². The molecule has 1 atom stereocenters. The summed E-state index contributed by atoms with van der Waals surface area (Å²) in [6.07, 6.45) is 0. The predicted octanol–water partition coefficient (Wildman–Crippen LogP) is 3.09. The van der Waals surface area contributed by atoms with Crippen molar-refractivity contribution in [1.82, 2.24) is 5.32 Å². The summed E-state index contributed by atoms with van der Waals surface area (Å²) in [6.45, 7) is 5.61. The number of carbonyl (C=O) groups excluding carboxylic acids is 2. The number of rotatable bonds is 5. The maximum absolute atomic E-state index is 12.5. The van der Waals surface area contributed by atoms with Crippen molar-refractivity contribution in [2.75, 3.05) is 5.32 Å². The maximum atomic E-state index is 12.5. The fraction of sp³-hybridized carbons (Fsp3) is 0.263. The Bertz CT molecular complexity index is 724. The number of amides is 2. The molecule has 2 aromatic carbocycles. The molecule has 0 aliphatic carbocycles. The van der Waals surface area contributed by atoms with E-state index in [0.29, 0.717) is 11.3 Å². The van der Waals surface area contributed by atoms with Gasteiger partial charge in [-0.25, -0.2) is 0 Å². The van der Waals surface area contributed by atoms with Crippen LogP contribution in [0.25, 0.3) is 0 Å². The molecule has 0 aromatic heterocycles. The SMILES string of the molecule is Cc1ccccc1C(=O)N[C@H](C(=O)Nc1ccc(O)cc1)C(C)C. The second-order valence-corrected chi connectivity index (χ2v) is 6.05. The summed E-state index contributed by atoms with van der Waals surface area (Å²) in [5.74, 6) is -0.512. The highest BCUT2D eigenvalue weighted by Crippen LogP contribution is 2.15. The lowest BCUT2D eigenvalue weighted by Gasteiger charge is -2.22. The number of phenols is 1. The van der Waals surface area contributed by atoms with Gasteiger partial charge >= 0.3 is 0 Å². The number of carbonyl (C=O) groups is 2. The normalized spacial score (nSPS) is 11.8. The third kappa shape index (κ3) is 4.35. The first-order valence-electron chi connectivity index (χ1n) is 7.85. The summed E-state index contributed by atoms with van der Waals surface area (Å²) < 4.78 is 0. The number of phenolic OH excluding ortho intramolecular Hbond substituents is 1. The first-order valence-corrected chi connectivity index (χ1v) is 7.85. The standard InChI is InChI=1S/C19H22N2O3/c1-12(2)17(19(24)20-14-8-10-15(22)11-9-14)21-18(23)16-7-5-4-6-13(16)3/h4-12,17,22H,1-3H3,(H,20,24)(H,21,23)/t17-/m0/s1. The van der Waals surface area contributed by atoms with Crippen LogP contribution in [0.1, 0.15) is 29.8 Å². The van der Waals surface area contributed by atoms with Crippen LogP contribution >= 0.6 is 0 Å². The van der Waals surface area contributed by atoms with Crippen molar-refractivity contribution in [2.45, 2.75) is 26.8 Å². The van der Waals surface area contributed by atoms with E-state index in [9.17, 15) is 14.7 Å². The summed E-state index contributed by atoms with van der Waals surface area (Å²) in [6, 6.07) is 12.8. The zero-order valence-electron chi connectivity index (χ0n) is 14.0. The van der Waals surface area contributed by atoms with Gasteiger partial charge in [-0.15, -0.1) is 0 Å². The van der Waals surface area contributed by atoms with Gasteiger partial charge < -0.3 is 15.7 Å². The van der Waals surface area contributed by atoms with E-state index < -0.39 is 6.04 Å². The monoisotopic (exact) mass is 326 g/mol. The number of anilines is 1. The summed E-state index contributed by atoms with van der Waals surface area (Å²) in [5.41, 5.74) is 1.98. The van der Waals surface area contributed by atoms with Gasteiger partial charge in [0.2, 0.25) is 5.91 Å². The average molecular weight is 326 g/mol.